The lowest BCUT2D eigenvalue weighted by atomic mass is 10.1. The van der Waals surface area contributed by atoms with E-state index in [0.29, 0.717) is 11.5 Å². The lowest BCUT2D eigenvalue weighted by Gasteiger charge is -2.19. The van der Waals surface area contributed by atoms with Crippen molar-refractivity contribution >= 4 is 0 Å². The Bertz CT molecular complexity index is 862. The molecule has 0 amide bonds. The summed E-state index contributed by atoms with van der Waals surface area (Å²) in [5, 5.41) is 0. The summed E-state index contributed by atoms with van der Waals surface area (Å²) in [7, 11) is 0. The number of nitrogens with two attached hydrogens (primary N) is 1. The molecule has 25 heavy (non-hydrogen) atoms. The monoisotopic (exact) mass is 335 g/mol. The smallest absolute Gasteiger partial charge is 0.139 e. The number of benzene rings is 3. The van der Waals surface area contributed by atoms with Crippen LogP contribution in [0.2, 0.25) is 0 Å². The molecule has 0 spiro atoms. The van der Waals surface area contributed by atoms with Crippen molar-refractivity contribution in [1.29, 1.82) is 0 Å². The first-order chi connectivity index (χ1) is 12.2. The van der Waals surface area contributed by atoms with E-state index in [4.69, 9.17) is 15.2 Å². The Labute approximate surface area is 145 Å². The third-order valence-corrected chi connectivity index (χ3v) is 4.34. The highest BCUT2D eigenvalue weighted by molar-refractivity contribution is 5.39. The molecule has 1 aliphatic carbocycles. The normalized spacial score (nSPS) is 18.6. The number of hydrogen-bond donors (Lipinski definition) is 1. The summed E-state index contributed by atoms with van der Waals surface area (Å²) in [6.45, 7) is 0. The van der Waals surface area contributed by atoms with Crippen LogP contribution in [0.15, 0.2) is 72.8 Å². The summed E-state index contributed by atoms with van der Waals surface area (Å²) in [5.74, 6) is 1.70. The Morgan fingerprint density at radius 3 is 2.12 bits per heavy atom. The third-order valence-electron chi connectivity index (χ3n) is 4.34. The highest BCUT2D eigenvalue weighted by Gasteiger charge is 2.31. The molecule has 1 aliphatic rings. The second-order valence-corrected chi connectivity index (χ2v) is 6.13. The Morgan fingerprint density at radius 2 is 1.40 bits per heavy atom. The van der Waals surface area contributed by atoms with Crippen LogP contribution in [-0.2, 0) is 6.42 Å². The molecule has 126 valence electrons. The van der Waals surface area contributed by atoms with Gasteiger partial charge in [0, 0.05) is 6.04 Å². The van der Waals surface area contributed by atoms with Crippen molar-refractivity contribution in [3.63, 3.8) is 0 Å². The van der Waals surface area contributed by atoms with Gasteiger partial charge in [0.25, 0.3) is 0 Å². The van der Waals surface area contributed by atoms with Crippen LogP contribution in [-0.4, -0.2) is 6.04 Å². The van der Waals surface area contributed by atoms with Crippen molar-refractivity contribution in [2.75, 3.05) is 0 Å². The summed E-state index contributed by atoms with van der Waals surface area (Å²) in [5.41, 5.74) is 8.64. The first kappa shape index (κ1) is 15.7. The van der Waals surface area contributed by atoms with E-state index >= 15 is 0 Å². The van der Waals surface area contributed by atoms with Gasteiger partial charge in [0.05, 0.1) is 0 Å². The van der Waals surface area contributed by atoms with Gasteiger partial charge in [-0.1, -0.05) is 24.3 Å². The van der Waals surface area contributed by atoms with Crippen molar-refractivity contribution in [3.8, 4) is 17.2 Å². The molecule has 0 heterocycles. The molecule has 3 aromatic carbocycles. The summed E-state index contributed by atoms with van der Waals surface area (Å²) in [4.78, 5) is 0. The molecule has 0 saturated carbocycles. The van der Waals surface area contributed by atoms with E-state index in [1.54, 1.807) is 12.1 Å². The lowest BCUT2D eigenvalue weighted by Crippen LogP contribution is -2.28. The molecule has 0 radical (unpaired) electrons. The van der Waals surface area contributed by atoms with Crippen LogP contribution in [0.3, 0.4) is 0 Å². The van der Waals surface area contributed by atoms with Crippen molar-refractivity contribution in [2.24, 2.45) is 5.73 Å². The van der Waals surface area contributed by atoms with Crippen LogP contribution in [0.4, 0.5) is 4.39 Å². The molecule has 3 aromatic rings. The molecule has 0 fully saturated rings. The van der Waals surface area contributed by atoms with Crippen LogP contribution in [0.5, 0.6) is 17.2 Å². The molecule has 4 heteroatoms. The van der Waals surface area contributed by atoms with Crippen LogP contribution < -0.4 is 15.2 Å². The Morgan fingerprint density at radius 1 is 0.800 bits per heavy atom. The van der Waals surface area contributed by atoms with Crippen molar-refractivity contribution in [3.05, 3.63) is 89.7 Å². The zero-order chi connectivity index (χ0) is 17.2. The quantitative estimate of drug-likeness (QED) is 0.756. The van der Waals surface area contributed by atoms with E-state index < -0.39 is 0 Å². The standard InChI is InChI=1S/C21H18FNO2/c22-15-5-7-16(8-6-15)24-17-9-11-18(12-10-17)25-21-19-4-2-1-3-14(19)13-20(21)23/h1-12,20-21H,13,23H2. The van der Waals surface area contributed by atoms with Crippen LogP contribution in [0.25, 0.3) is 0 Å². The van der Waals surface area contributed by atoms with Gasteiger partial charge in [0.1, 0.15) is 29.2 Å². The molecule has 0 aliphatic heterocycles. The zero-order valence-electron chi connectivity index (χ0n) is 13.6. The van der Waals surface area contributed by atoms with Crippen LogP contribution in [0.1, 0.15) is 17.2 Å². The maximum absolute atomic E-state index is 12.9. The molecular weight excluding hydrogens is 317 g/mol. The van der Waals surface area contributed by atoms with Crippen molar-refractivity contribution in [2.45, 2.75) is 18.6 Å². The molecule has 3 nitrogen and oxygen atoms in total. The SMILES string of the molecule is NC1Cc2ccccc2C1Oc1ccc(Oc2ccc(F)cc2)cc1. The fourth-order valence-electron chi connectivity index (χ4n) is 3.11. The molecule has 2 N–H and O–H groups in total. The van der Waals surface area contributed by atoms with Gasteiger partial charge >= 0.3 is 0 Å². The molecule has 2 atom stereocenters. The first-order valence-corrected chi connectivity index (χ1v) is 8.22. The number of halogens is 1. The fourth-order valence-corrected chi connectivity index (χ4v) is 3.11. The Balaban J connectivity index is 1.46. The predicted molar refractivity (Wildman–Crippen MR) is 94.4 cm³/mol. The van der Waals surface area contributed by atoms with Gasteiger partial charge in [0.15, 0.2) is 0 Å². The second-order valence-electron chi connectivity index (χ2n) is 6.13. The van der Waals surface area contributed by atoms with E-state index in [1.165, 1.54) is 17.7 Å². The van der Waals surface area contributed by atoms with Crippen molar-refractivity contribution < 1.29 is 13.9 Å². The second kappa shape index (κ2) is 6.57. The molecule has 2 unspecified atom stereocenters. The van der Waals surface area contributed by atoms with Crippen LogP contribution in [0, 0.1) is 5.82 Å². The summed E-state index contributed by atoms with van der Waals surface area (Å²) >= 11 is 0. The maximum atomic E-state index is 12.9. The van der Waals surface area contributed by atoms with E-state index in [9.17, 15) is 4.39 Å². The van der Waals surface area contributed by atoms with E-state index in [-0.39, 0.29) is 18.0 Å². The number of ether oxygens (including phenoxy) is 2. The first-order valence-electron chi connectivity index (χ1n) is 8.22. The van der Waals surface area contributed by atoms with Gasteiger partial charge < -0.3 is 15.2 Å². The minimum atomic E-state index is -0.288. The minimum Gasteiger partial charge on any atom is -0.484 e. The molecule has 0 saturated heterocycles. The number of fused-ring (bicyclic) bond motifs is 1. The lowest BCUT2D eigenvalue weighted by molar-refractivity contribution is 0.186. The maximum Gasteiger partial charge on any atom is 0.139 e. The minimum absolute atomic E-state index is 0.0486. The van der Waals surface area contributed by atoms with Gasteiger partial charge in [-0.3, -0.25) is 0 Å². The van der Waals surface area contributed by atoms with Crippen molar-refractivity contribution in [1.82, 2.24) is 0 Å². The highest BCUT2D eigenvalue weighted by Crippen LogP contribution is 2.35. The summed E-state index contributed by atoms with van der Waals surface area (Å²) < 4.78 is 24.7. The number of hydrogen-bond acceptors (Lipinski definition) is 3. The topological polar surface area (TPSA) is 44.5 Å². The predicted octanol–water partition coefficient (Wildman–Crippen LogP) is 4.62. The third kappa shape index (κ3) is 3.35. The molecule has 4 rings (SSSR count). The van der Waals surface area contributed by atoms with Gasteiger partial charge in [-0.2, -0.15) is 0 Å². The zero-order valence-corrected chi connectivity index (χ0v) is 13.6. The average molecular weight is 335 g/mol. The van der Waals surface area contributed by atoms with Crippen LogP contribution >= 0.6 is 0 Å². The van der Waals surface area contributed by atoms with Gasteiger partial charge in [-0.15, -0.1) is 0 Å². The van der Waals surface area contributed by atoms with E-state index in [2.05, 4.69) is 12.1 Å². The fraction of sp³-hybridized carbons (Fsp3) is 0.143. The number of rotatable bonds is 4. The Hall–Kier alpha value is -2.85. The van der Waals surface area contributed by atoms with Gasteiger partial charge in [-0.25, -0.2) is 4.39 Å². The van der Waals surface area contributed by atoms with E-state index in [0.717, 1.165) is 17.7 Å². The molecule has 0 aromatic heterocycles. The van der Waals surface area contributed by atoms with Gasteiger partial charge in [0.2, 0.25) is 0 Å². The summed E-state index contributed by atoms with van der Waals surface area (Å²) in [6.07, 6.45) is 0.687. The summed E-state index contributed by atoms with van der Waals surface area (Å²) in [6, 6.07) is 21.4. The largest absolute Gasteiger partial charge is 0.484 e. The van der Waals surface area contributed by atoms with Gasteiger partial charge in [-0.05, 0) is 66.1 Å². The molecule has 0 bridgehead atoms. The van der Waals surface area contributed by atoms with E-state index in [1.807, 2.05) is 36.4 Å². The average Bonchev–Trinajstić information content (AvgIpc) is 2.94. The Kier molecular flexibility index (Phi) is 4.12. The molecular formula is C21H18FNO2. The highest BCUT2D eigenvalue weighted by atomic mass is 19.1.